The van der Waals surface area contributed by atoms with Crippen LogP contribution in [0.3, 0.4) is 0 Å². The fourth-order valence-corrected chi connectivity index (χ4v) is 9.55. The summed E-state index contributed by atoms with van der Waals surface area (Å²) in [5.74, 6) is 2.01. The Morgan fingerprint density at radius 2 is 1.00 bits per heavy atom. The van der Waals surface area contributed by atoms with Crippen LogP contribution >= 0.6 is 34.0 Å². The molecule has 4 aromatic heterocycles. The summed E-state index contributed by atoms with van der Waals surface area (Å²) in [6.45, 7) is 0. The number of hydrogen-bond acceptors (Lipinski definition) is 7. The van der Waals surface area contributed by atoms with E-state index in [1.807, 2.05) is 35.6 Å². The Kier molecular flexibility index (Phi) is 6.05. The molecule has 4 heterocycles. The third-order valence-corrected chi connectivity index (χ3v) is 12.0. The minimum absolute atomic E-state index is 0.664. The minimum atomic E-state index is 0.664. The Bertz CT molecular complexity index is 2780. The van der Waals surface area contributed by atoms with Crippen LogP contribution in [0.15, 0.2) is 133 Å². The number of para-hydroxylation sites is 1. The Labute approximate surface area is 281 Å². The fraction of sp³-hybridized carbons (Fsp3) is 0. The highest BCUT2D eigenvalue weighted by Gasteiger charge is 2.18. The lowest BCUT2D eigenvalue weighted by molar-refractivity contribution is 1.08. The second-order valence-electron chi connectivity index (χ2n) is 11.5. The van der Waals surface area contributed by atoms with Gasteiger partial charge in [-0.3, -0.25) is 0 Å². The summed E-state index contributed by atoms with van der Waals surface area (Å²) in [4.78, 5) is 20.2. The first-order valence-electron chi connectivity index (χ1n) is 15.3. The molecule has 0 aliphatic rings. The van der Waals surface area contributed by atoms with E-state index in [-0.39, 0.29) is 0 Å². The molecular formula is C40H22N4S3. The van der Waals surface area contributed by atoms with Crippen molar-refractivity contribution in [1.82, 2.24) is 19.9 Å². The van der Waals surface area contributed by atoms with Gasteiger partial charge in [-0.15, -0.1) is 34.0 Å². The van der Waals surface area contributed by atoms with Crippen molar-refractivity contribution >= 4 is 84.6 Å². The maximum Gasteiger partial charge on any atom is 0.165 e. The number of thiazole rings is 1. The van der Waals surface area contributed by atoms with E-state index in [1.165, 1.54) is 45.0 Å². The van der Waals surface area contributed by atoms with Gasteiger partial charge in [-0.25, -0.2) is 19.9 Å². The highest BCUT2D eigenvalue weighted by atomic mass is 32.1. The van der Waals surface area contributed by atoms with E-state index in [2.05, 4.69) is 109 Å². The summed E-state index contributed by atoms with van der Waals surface area (Å²) in [6.07, 6.45) is 0. The van der Waals surface area contributed by atoms with Crippen LogP contribution in [0.25, 0.3) is 95.3 Å². The molecule has 0 radical (unpaired) electrons. The lowest BCUT2D eigenvalue weighted by atomic mass is 10.1. The van der Waals surface area contributed by atoms with Gasteiger partial charge >= 0.3 is 0 Å². The maximum atomic E-state index is 5.16. The van der Waals surface area contributed by atoms with Crippen LogP contribution in [-0.4, -0.2) is 19.9 Å². The van der Waals surface area contributed by atoms with Gasteiger partial charge in [-0.1, -0.05) is 78.9 Å². The smallest absolute Gasteiger partial charge is 0.165 e. The molecule has 0 unspecified atom stereocenters. The number of rotatable bonds is 4. The first-order valence-corrected chi connectivity index (χ1v) is 17.7. The number of thiophene rings is 2. The summed E-state index contributed by atoms with van der Waals surface area (Å²) < 4.78 is 6.13. The molecule has 6 aromatic carbocycles. The molecule has 7 heteroatoms. The highest BCUT2D eigenvalue weighted by Crippen LogP contribution is 2.42. The number of benzene rings is 6. The van der Waals surface area contributed by atoms with Gasteiger partial charge in [0.1, 0.15) is 5.01 Å². The maximum absolute atomic E-state index is 5.16. The Morgan fingerprint density at radius 1 is 0.362 bits per heavy atom. The lowest BCUT2D eigenvalue weighted by Gasteiger charge is -2.09. The number of hydrogen-bond donors (Lipinski definition) is 0. The molecule has 0 amide bonds. The molecule has 0 fully saturated rings. The molecule has 0 saturated heterocycles. The van der Waals surface area contributed by atoms with Crippen molar-refractivity contribution in [3.63, 3.8) is 0 Å². The molecule has 4 nitrogen and oxygen atoms in total. The summed E-state index contributed by atoms with van der Waals surface area (Å²) in [6, 6.07) is 46.8. The number of nitrogens with zero attached hydrogens (tertiary/aromatic N) is 4. The first-order chi connectivity index (χ1) is 23.2. The van der Waals surface area contributed by atoms with Gasteiger partial charge in [0.25, 0.3) is 0 Å². The summed E-state index contributed by atoms with van der Waals surface area (Å²) in [5.41, 5.74) is 5.12. The van der Waals surface area contributed by atoms with Crippen LogP contribution in [0, 0.1) is 0 Å². The van der Waals surface area contributed by atoms with Gasteiger partial charge in [0.15, 0.2) is 17.5 Å². The molecule has 0 bridgehead atoms. The monoisotopic (exact) mass is 654 g/mol. The van der Waals surface area contributed by atoms with Gasteiger partial charge in [0, 0.05) is 62.6 Å². The van der Waals surface area contributed by atoms with E-state index in [0.717, 1.165) is 32.8 Å². The van der Waals surface area contributed by atoms with Gasteiger partial charge < -0.3 is 0 Å². The Morgan fingerprint density at radius 3 is 1.87 bits per heavy atom. The minimum Gasteiger partial charge on any atom is -0.236 e. The molecule has 47 heavy (non-hydrogen) atoms. The molecule has 10 aromatic rings. The molecule has 0 aliphatic heterocycles. The molecule has 0 N–H and O–H groups in total. The molecule has 0 spiro atoms. The average Bonchev–Trinajstić information content (AvgIpc) is 3.84. The summed E-state index contributed by atoms with van der Waals surface area (Å²) >= 11 is 5.33. The molecule has 10 rings (SSSR count). The van der Waals surface area contributed by atoms with Crippen molar-refractivity contribution < 1.29 is 0 Å². The van der Waals surface area contributed by atoms with E-state index < -0.39 is 0 Å². The van der Waals surface area contributed by atoms with Crippen molar-refractivity contribution in [3.05, 3.63) is 133 Å². The third-order valence-electron chi connectivity index (χ3n) is 8.58. The SMILES string of the molecule is c1ccc(-c2nc(-c3ccc4sc5ccccc5c4c3)nc(-c3cccc4c3sc3ccc(-c5nc6ccccc6s5)cc34)n2)cc1. The lowest BCUT2D eigenvalue weighted by Crippen LogP contribution is -2.00. The zero-order valence-electron chi connectivity index (χ0n) is 24.7. The van der Waals surface area contributed by atoms with Gasteiger partial charge in [-0.2, -0.15) is 0 Å². The predicted octanol–water partition coefficient (Wildman–Crippen LogP) is 11.9. The molecule has 0 saturated carbocycles. The van der Waals surface area contributed by atoms with Crippen molar-refractivity contribution in [2.45, 2.75) is 0 Å². The van der Waals surface area contributed by atoms with E-state index >= 15 is 0 Å². The fourth-order valence-electron chi connectivity index (χ4n) is 6.31. The predicted molar refractivity (Wildman–Crippen MR) is 201 cm³/mol. The van der Waals surface area contributed by atoms with Crippen LogP contribution in [0.5, 0.6) is 0 Å². The molecule has 0 aliphatic carbocycles. The second-order valence-corrected chi connectivity index (χ2v) is 14.6. The van der Waals surface area contributed by atoms with Gasteiger partial charge in [-0.05, 0) is 54.6 Å². The van der Waals surface area contributed by atoms with Gasteiger partial charge in [0.2, 0.25) is 0 Å². The van der Waals surface area contributed by atoms with Crippen molar-refractivity contribution in [1.29, 1.82) is 0 Å². The van der Waals surface area contributed by atoms with Crippen LogP contribution in [0.1, 0.15) is 0 Å². The summed E-state index contributed by atoms with van der Waals surface area (Å²) in [7, 11) is 0. The largest absolute Gasteiger partial charge is 0.236 e. The van der Waals surface area contributed by atoms with Crippen LogP contribution in [0.4, 0.5) is 0 Å². The summed E-state index contributed by atoms with van der Waals surface area (Å²) in [5, 5.41) is 5.93. The number of fused-ring (bicyclic) bond motifs is 7. The van der Waals surface area contributed by atoms with E-state index in [0.29, 0.717) is 17.5 Å². The average molecular weight is 655 g/mol. The Hall–Kier alpha value is -5.34. The topological polar surface area (TPSA) is 51.6 Å². The highest BCUT2D eigenvalue weighted by molar-refractivity contribution is 7.26. The van der Waals surface area contributed by atoms with Crippen LogP contribution in [0.2, 0.25) is 0 Å². The van der Waals surface area contributed by atoms with Crippen molar-refractivity contribution in [3.8, 4) is 44.7 Å². The van der Waals surface area contributed by atoms with E-state index in [1.54, 1.807) is 22.7 Å². The van der Waals surface area contributed by atoms with Crippen molar-refractivity contribution in [2.24, 2.45) is 0 Å². The quantitative estimate of drug-likeness (QED) is 0.189. The van der Waals surface area contributed by atoms with E-state index in [9.17, 15) is 0 Å². The number of aromatic nitrogens is 4. The van der Waals surface area contributed by atoms with Crippen molar-refractivity contribution in [2.75, 3.05) is 0 Å². The Balaban J connectivity index is 1.16. The zero-order chi connectivity index (χ0) is 30.9. The van der Waals surface area contributed by atoms with Gasteiger partial charge in [0.05, 0.1) is 10.2 Å². The molecule has 220 valence electrons. The third kappa shape index (κ3) is 4.47. The normalized spacial score (nSPS) is 11.8. The molecular weight excluding hydrogens is 633 g/mol. The zero-order valence-corrected chi connectivity index (χ0v) is 27.2. The molecule has 0 atom stereocenters. The standard InChI is InChI=1S/C40H22N4S3/c1-2-9-23(10-3-1)37-42-38(24-17-19-33-29(21-24)26-11-4-6-15-32(26)45-33)44-39(43-37)28-13-8-12-27-30-22-25(18-20-34(30)46-36(27)28)40-41-31-14-5-7-16-35(31)47-40/h1-22H. The van der Waals surface area contributed by atoms with E-state index in [4.69, 9.17) is 19.9 Å². The second kappa shape index (κ2) is 10.6. The first kappa shape index (κ1) is 26.8. The van der Waals surface area contributed by atoms with Crippen LogP contribution < -0.4 is 0 Å². The van der Waals surface area contributed by atoms with Crippen LogP contribution in [-0.2, 0) is 0 Å².